The number of aromatic nitrogens is 4. The zero-order valence-electron chi connectivity index (χ0n) is 41.3. The molecular weight excluding hydrogens is 984 g/mol. The second kappa shape index (κ2) is 20.1. The van der Waals surface area contributed by atoms with Gasteiger partial charge in [-0.15, -0.1) is 11.3 Å². The first-order chi connectivity index (χ1) is 34.1. The van der Waals surface area contributed by atoms with Gasteiger partial charge in [0.2, 0.25) is 17.6 Å². The standard InChI is InChI=1S/C55H66BrFN8O5S/c1-33-47(71-32-58-33)36-18-16-35(17-19-36)41(59-49(67)45-30-39(66)31-63(45)51(69)48(54(2,3)4)60-52(70)55(57)24-25-55)14-6-5-9-26-62-27-22-34(23-28-62)37-20-21-42-44(29-37)64(38-11-7-8-12-38)53-61-50(68)46-40(56)13-10-15-43(46)65(42)53/h10,13,15-21,29,32,34,38-39,41,45,48,66H,5-9,11-12,14,22-28,30-31H2,1-4H3,(H,59,67)(H,60,70)/t39-,41+,45+,48?/m1/s1. The third kappa shape index (κ3) is 10.1. The Hall–Kier alpha value is -5.03. The molecule has 4 fully saturated rings. The molecule has 5 heterocycles. The number of carbonyl (C=O) groups excluding carboxylic acids is 3. The Balaban J connectivity index is 0.788. The van der Waals surface area contributed by atoms with Crippen LogP contribution in [0.1, 0.15) is 139 Å². The van der Waals surface area contributed by atoms with Crippen LogP contribution in [-0.4, -0.2) is 102 Å². The van der Waals surface area contributed by atoms with Crippen LogP contribution in [0, 0.1) is 12.3 Å². The number of aryl methyl sites for hydroxylation is 1. The largest absolute Gasteiger partial charge is 0.391 e. The Morgan fingerprint density at radius 1 is 0.944 bits per heavy atom. The number of aliphatic hydroxyl groups excluding tert-OH is 1. The number of thiazole rings is 1. The molecule has 3 amide bonds. The number of fused-ring (bicyclic) bond motifs is 5. The summed E-state index contributed by atoms with van der Waals surface area (Å²) in [5.41, 5.74) is 6.34. The number of rotatable bonds is 15. The lowest BCUT2D eigenvalue weighted by Gasteiger charge is -2.36. The molecule has 13 nitrogen and oxygen atoms in total. The zero-order chi connectivity index (χ0) is 49.8. The van der Waals surface area contributed by atoms with Gasteiger partial charge in [-0.25, -0.2) is 9.37 Å². The molecule has 3 N–H and O–H groups in total. The van der Waals surface area contributed by atoms with E-state index in [-0.39, 0.29) is 43.3 Å². The molecule has 4 aliphatic rings. The van der Waals surface area contributed by atoms with Gasteiger partial charge in [0.1, 0.15) is 12.1 Å². The fourth-order valence-corrected chi connectivity index (χ4v) is 12.9. The molecule has 6 aromatic rings. The number of hydrogen-bond acceptors (Lipinski definition) is 9. The second-order valence-electron chi connectivity index (χ2n) is 21.8. The van der Waals surface area contributed by atoms with E-state index in [1.54, 1.807) is 32.1 Å². The molecule has 3 aromatic carbocycles. The van der Waals surface area contributed by atoms with Gasteiger partial charge in [-0.1, -0.05) is 82.9 Å². The number of nitrogens with one attached hydrogen (secondary N) is 2. The third-order valence-electron chi connectivity index (χ3n) is 15.8. The highest BCUT2D eigenvalue weighted by Crippen LogP contribution is 2.41. The van der Waals surface area contributed by atoms with E-state index in [1.807, 2.05) is 30.6 Å². The summed E-state index contributed by atoms with van der Waals surface area (Å²) in [6, 6.07) is 19.0. The van der Waals surface area contributed by atoms with E-state index in [9.17, 15) is 28.7 Å². The Morgan fingerprint density at radius 3 is 2.38 bits per heavy atom. The molecule has 3 aromatic heterocycles. The van der Waals surface area contributed by atoms with E-state index >= 15 is 0 Å². The van der Waals surface area contributed by atoms with Crippen LogP contribution in [0.4, 0.5) is 4.39 Å². The number of alkyl halides is 1. The van der Waals surface area contributed by atoms with Crippen molar-refractivity contribution in [2.45, 2.75) is 153 Å². The number of nitrogens with zero attached hydrogens (tertiary/aromatic N) is 6. The minimum absolute atomic E-state index is 0.0523. The van der Waals surface area contributed by atoms with Crippen molar-refractivity contribution in [1.82, 2.24) is 39.4 Å². The molecule has 2 saturated carbocycles. The number of amides is 3. The van der Waals surface area contributed by atoms with Crippen LogP contribution >= 0.6 is 27.3 Å². The van der Waals surface area contributed by atoms with Crippen LogP contribution in [0.2, 0.25) is 0 Å². The molecule has 10 rings (SSSR count). The highest BCUT2D eigenvalue weighted by Gasteiger charge is 2.53. The number of benzene rings is 3. The maximum absolute atomic E-state index is 14.8. The lowest BCUT2D eigenvalue weighted by Crippen LogP contribution is -2.59. The lowest BCUT2D eigenvalue weighted by molar-refractivity contribution is -0.145. The van der Waals surface area contributed by atoms with Crippen LogP contribution in [0.3, 0.4) is 0 Å². The quantitative estimate of drug-likeness (QED) is 0.0860. The first-order valence-electron chi connectivity index (χ1n) is 25.7. The predicted octanol–water partition coefficient (Wildman–Crippen LogP) is 9.70. The van der Waals surface area contributed by atoms with Crippen molar-refractivity contribution >= 4 is 72.7 Å². The van der Waals surface area contributed by atoms with Crippen molar-refractivity contribution in [2.24, 2.45) is 5.41 Å². The Morgan fingerprint density at radius 2 is 1.69 bits per heavy atom. The van der Waals surface area contributed by atoms with Crippen LogP contribution in [0.15, 0.2) is 75.4 Å². The smallest absolute Gasteiger partial charge is 0.283 e. The minimum atomic E-state index is -1.96. The summed E-state index contributed by atoms with van der Waals surface area (Å²) >= 11 is 5.21. The van der Waals surface area contributed by atoms with E-state index in [4.69, 9.17) is 4.98 Å². The summed E-state index contributed by atoms with van der Waals surface area (Å²) in [4.78, 5) is 69.0. The fourth-order valence-electron chi connectivity index (χ4n) is 11.5. The molecule has 0 bridgehead atoms. The summed E-state index contributed by atoms with van der Waals surface area (Å²) in [5.74, 6) is -0.491. The van der Waals surface area contributed by atoms with Crippen molar-refractivity contribution in [3.63, 3.8) is 0 Å². The van der Waals surface area contributed by atoms with Gasteiger partial charge in [0, 0.05) is 23.5 Å². The van der Waals surface area contributed by atoms with Crippen LogP contribution in [-0.2, 0) is 14.4 Å². The third-order valence-corrected chi connectivity index (χ3v) is 17.4. The van der Waals surface area contributed by atoms with Crippen molar-refractivity contribution in [2.75, 3.05) is 26.2 Å². The summed E-state index contributed by atoms with van der Waals surface area (Å²) in [6.45, 7) is 10.4. The van der Waals surface area contributed by atoms with Gasteiger partial charge in [0.25, 0.3) is 11.5 Å². The van der Waals surface area contributed by atoms with Crippen LogP contribution < -0.4 is 16.2 Å². The summed E-state index contributed by atoms with van der Waals surface area (Å²) < 4.78 is 20.1. The van der Waals surface area contributed by atoms with E-state index < -0.39 is 41.1 Å². The molecular formula is C55H66BrFN8O5S. The Kier molecular flexibility index (Phi) is 14.0. The number of piperidine rings is 1. The Labute approximate surface area is 426 Å². The molecule has 376 valence electrons. The SMILES string of the molecule is Cc1ncsc1-c1ccc([C@H](CCCCCN2CCC(c3ccc4c(c3)n(C3CCCC3)c3nc(=O)c5c(Br)cccc5n43)CC2)NC(=O)[C@@H]2C[C@@H](O)CN2C(=O)C(NC(=O)C2(F)CC2)C(C)(C)C)cc1. The van der Waals surface area contributed by atoms with Gasteiger partial charge in [-0.2, -0.15) is 4.98 Å². The molecule has 4 atom stereocenters. The van der Waals surface area contributed by atoms with Gasteiger partial charge < -0.3 is 30.1 Å². The minimum Gasteiger partial charge on any atom is -0.391 e. The molecule has 16 heteroatoms. The van der Waals surface area contributed by atoms with Gasteiger partial charge >= 0.3 is 0 Å². The van der Waals surface area contributed by atoms with E-state index in [1.165, 1.54) is 23.3 Å². The molecule has 0 radical (unpaired) electrons. The van der Waals surface area contributed by atoms with Crippen LogP contribution in [0.5, 0.6) is 0 Å². The number of halogens is 2. The molecule has 2 aliphatic carbocycles. The number of carbonyl (C=O) groups is 3. The monoisotopic (exact) mass is 1050 g/mol. The zero-order valence-corrected chi connectivity index (χ0v) is 43.7. The fraction of sp³-hybridized carbons (Fsp3) is 0.527. The normalized spacial score (nSPS) is 20.8. The van der Waals surface area contributed by atoms with Crippen molar-refractivity contribution in [3.05, 3.63) is 97.8 Å². The van der Waals surface area contributed by atoms with Gasteiger partial charge in [-0.3, -0.25) is 23.6 Å². The average molecular weight is 1050 g/mol. The molecule has 71 heavy (non-hydrogen) atoms. The average Bonchev–Trinajstić information content (AvgIpc) is 3.80. The number of unbranched alkanes of at least 4 members (excludes halogenated alkanes) is 2. The summed E-state index contributed by atoms with van der Waals surface area (Å²) in [5, 5.41) is 17.4. The van der Waals surface area contributed by atoms with Crippen molar-refractivity contribution in [3.8, 4) is 10.4 Å². The lowest BCUT2D eigenvalue weighted by atomic mass is 9.85. The van der Waals surface area contributed by atoms with Crippen LogP contribution in [0.25, 0.3) is 38.2 Å². The highest BCUT2D eigenvalue weighted by atomic mass is 79.9. The van der Waals surface area contributed by atoms with Gasteiger partial charge in [0.15, 0.2) is 5.67 Å². The second-order valence-corrected chi connectivity index (χ2v) is 23.5. The van der Waals surface area contributed by atoms with Crippen molar-refractivity contribution in [1.29, 1.82) is 0 Å². The summed E-state index contributed by atoms with van der Waals surface area (Å²) in [6.07, 6.45) is 9.63. The van der Waals surface area contributed by atoms with Gasteiger partial charge in [-0.05, 0) is 146 Å². The first-order valence-corrected chi connectivity index (χ1v) is 27.4. The topological polar surface area (TPSA) is 154 Å². The highest BCUT2D eigenvalue weighted by molar-refractivity contribution is 9.10. The first kappa shape index (κ1) is 49.5. The number of imidazole rings is 1. The Bertz CT molecular complexity index is 3020. The number of aliphatic hydroxyl groups is 1. The summed E-state index contributed by atoms with van der Waals surface area (Å²) in [7, 11) is 0. The number of hydrogen-bond donors (Lipinski definition) is 3. The maximum Gasteiger partial charge on any atom is 0.283 e. The molecule has 2 aliphatic heterocycles. The van der Waals surface area contributed by atoms with Crippen molar-refractivity contribution < 1.29 is 23.9 Å². The number of likely N-dealkylation sites (tertiary alicyclic amines) is 2. The number of β-amino-alcohol motifs (C(OH)–C–C–N with tert-alkyl or cyclic N) is 1. The van der Waals surface area contributed by atoms with Gasteiger partial charge in [0.05, 0.1) is 50.2 Å². The molecule has 2 saturated heterocycles. The predicted molar refractivity (Wildman–Crippen MR) is 280 cm³/mol. The van der Waals surface area contributed by atoms with E-state index in [0.717, 1.165) is 113 Å². The van der Waals surface area contributed by atoms with E-state index in [0.29, 0.717) is 23.8 Å². The molecule has 1 unspecified atom stereocenters. The molecule has 0 spiro atoms. The van der Waals surface area contributed by atoms with E-state index in [2.05, 4.69) is 87.9 Å². The maximum atomic E-state index is 14.8.